The topological polar surface area (TPSA) is 49.3 Å². The quantitative estimate of drug-likeness (QED) is 0.824. The highest BCUT2D eigenvalue weighted by atomic mass is 16.2. The van der Waals surface area contributed by atoms with E-state index in [0.29, 0.717) is 29.6 Å². The van der Waals surface area contributed by atoms with Crippen LogP contribution >= 0.6 is 0 Å². The summed E-state index contributed by atoms with van der Waals surface area (Å²) < 4.78 is 0. The van der Waals surface area contributed by atoms with Gasteiger partial charge < -0.3 is 4.90 Å². The number of amides is 1. The third-order valence-corrected chi connectivity index (χ3v) is 6.76. The summed E-state index contributed by atoms with van der Waals surface area (Å²) in [7, 11) is 0. The Morgan fingerprint density at radius 2 is 1.74 bits per heavy atom. The first kappa shape index (κ1) is 16.9. The minimum absolute atomic E-state index is 0.0425. The number of rotatable bonds is 2. The Morgan fingerprint density at radius 1 is 1.00 bits per heavy atom. The van der Waals surface area contributed by atoms with E-state index in [4.69, 9.17) is 0 Å². The Balaban J connectivity index is 1.51. The van der Waals surface area contributed by atoms with Crippen molar-refractivity contribution in [3.63, 3.8) is 0 Å². The zero-order valence-corrected chi connectivity index (χ0v) is 16.0. The van der Waals surface area contributed by atoms with E-state index in [2.05, 4.69) is 51.0 Å². The molecule has 0 unspecified atom stereocenters. The highest BCUT2D eigenvalue weighted by molar-refractivity contribution is 5.92. The van der Waals surface area contributed by atoms with Gasteiger partial charge in [0, 0.05) is 24.7 Å². The zero-order valence-electron chi connectivity index (χ0n) is 16.0. The lowest BCUT2D eigenvalue weighted by Crippen LogP contribution is -2.60. The first-order valence-corrected chi connectivity index (χ1v) is 10.0. The number of carbonyl (C=O) groups excluding carboxylic acids is 1. The molecule has 5 heteroatoms. The van der Waals surface area contributed by atoms with E-state index in [1.54, 1.807) is 12.4 Å². The molecule has 4 saturated heterocycles. The molecule has 3 atom stereocenters. The molecule has 4 fully saturated rings. The summed E-state index contributed by atoms with van der Waals surface area (Å²) in [6.07, 6.45) is 5.72. The molecule has 4 aliphatic rings. The van der Waals surface area contributed by atoms with Crippen LogP contribution in [0.1, 0.15) is 46.1 Å². The van der Waals surface area contributed by atoms with Crippen LogP contribution in [0, 0.1) is 19.8 Å². The Labute approximate surface area is 160 Å². The summed E-state index contributed by atoms with van der Waals surface area (Å²) in [4.78, 5) is 26.7. The number of hydrogen-bond acceptors (Lipinski definition) is 4. The van der Waals surface area contributed by atoms with Crippen molar-refractivity contribution in [2.24, 2.45) is 5.92 Å². The molecule has 0 spiro atoms. The number of fused-ring (bicyclic) bond motifs is 2. The van der Waals surface area contributed by atoms with Crippen LogP contribution in [-0.2, 0) is 0 Å². The Morgan fingerprint density at radius 3 is 2.41 bits per heavy atom. The molecule has 0 saturated carbocycles. The Hall–Kier alpha value is -2.27. The number of nitrogens with zero attached hydrogens (tertiary/aromatic N) is 4. The Bertz CT molecular complexity index is 840. The maximum atomic E-state index is 13.3. The van der Waals surface area contributed by atoms with Gasteiger partial charge in [-0.15, -0.1) is 0 Å². The lowest BCUT2D eigenvalue weighted by molar-refractivity contribution is -0.00359. The minimum Gasteiger partial charge on any atom is -0.332 e. The van der Waals surface area contributed by atoms with Crippen molar-refractivity contribution in [3.05, 3.63) is 59.2 Å². The average molecular weight is 362 g/mol. The van der Waals surface area contributed by atoms with Crippen LogP contribution in [0.5, 0.6) is 0 Å². The van der Waals surface area contributed by atoms with Gasteiger partial charge in [0.25, 0.3) is 5.91 Å². The van der Waals surface area contributed by atoms with Gasteiger partial charge >= 0.3 is 0 Å². The maximum Gasteiger partial charge on any atom is 0.274 e. The van der Waals surface area contributed by atoms with Gasteiger partial charge in [0.1, 0.15) is 5.69 Å². The third-order valence-electron chi connectivity index (χ3n) is 6.76. The number of benzene rings is 1. The van der Waals surface area contributed by atoms with Gasteiger partial charge in [-0.05, 0) is 51.3 Å². The van der Waals surface area contributed by atoms with Crippen LogP contribution < -0.4 is 0 Å². The monoisotopic (exact) mass is 362 g/mol. The molecular weight excluding hydrogens is 336 g/mol. The zero-order chi connectivity index (χ0) is 18.5. The lowest BCUT2D eigenvalue weighted by atomic mass is 9.75. The second-order valence-electron chi connectivity index (χ2n) is 8.37. The van der Waals surface area contributed by atoms with E-state index in [0.717, 1.165) is 12.2 Å². The number of likely N-dealkylation sites (tertiary alicyclic amines) is 1. The van der Waals surface area contributed by atoms with Crippen molar-refractivity contribution < 1.29 is 4.79 Å². The number of hydrogen-bond donors (Lipinski definition) is 0. The van der Waals surface area contributed by atoms with Crippen molar-refractivity contribution in [2.45, 2.75) is 44.7 Å². The van der Waals surface area contributed by atoms with Crippen LogP contribution in [0.2, 0.25) is 0 Å². The van der Waals surface area contributed by atoms with Crippen molar-refractivity contribution in [1.82, 2.24) is 19.8 Å². The molecule has 0 N–H and O–H groups in total. The largest absolute Gasteiger partial charge is 0.332 e. The first-order valence-electron chi connectivity index (χ1n) is 10.0. The summed E-state index contributed by atoms with van der Waals surface area (Å²) in [5.41, 5.74) is 3.95. The second kappa shape index (κ2) is 6.41. The van der Waals surface area contributed by atoms with Gasteiger partial charge in [-0.3, -0.25) is 14.7 Å². The standard InChI is InChI=1S/C22H26N4O/c1-14-3-5-16(6-4-14)18-13-26(22(27)19-12-23-15(2)11-24-19)20-17-7-9-25(10-8-17)21(18)20/h3-6,11-12,17-18,20-21H,7-10,13H2,1-2H3/t18-,20-,21-/m0/s1. The highest BCUT2D eigenvalue weighted by Crippen LogP contribution is 2.46. The molecule has 5 heterocycles. The van der Waals surface area contributed by atoms with E-state index < -0.39 is 0 Å². The van der Waals surface area contributed by atoms with Gasteiger partial charge in [-0.25, -0.2) is 4.98 Å². The maximum absolute atomic E-state index is 13.3. The van der Waals surface area contributed by atoms with Crippen LogP contribution in [0.3, 0.4) is 0 Å². The molecule has 140 valence electrons. The number of carbonyl (C=O) groups is 1. The highest BCUT2D eigenvalue weighted by Gasteiger charge is 2.54. The van der Waals surface area contributed by atoms with Crippen LogP contribution in [0.4, 0.5) is 0 Å². The molecule has 0 aliphatic carbocycles. The fraction of sp³-hybridized carbons (Fsp3) is 0.500. The molecule has 27 heavy (non-hydrogen) atoms. The molecule has 0 radical (unpaired) electrons. The van der Waals surface area contributed by atoms with Crippen molar-refractivity contribution >= 4 is 5.91 Å². The molecule has 4 aliphatic heterocycles. The Kier molecular flexibility index (Phi) is 4.01. The van der Waals surface area contributed by atoms with Gasteiger partial charge in [0.05, 0.1) is 17.9 Å². The van der Waals surface area contributed by atoms with Crippen LogP contribution in [0.25, 0.3) is 0 Å². The van der Waals surface area contributed by atoms with E-state index in [-0.39, 0.29) is 5.91 Å². The molecular formula is C22H26N4O. The van der Waals surface area contributed by atoms with Gasteiger partial charge in [0.2, 0.25) is 0 Å². The molecule has 1 amide bonds. The number of aromatic nitrogens is 2. The van der Waals surface area contributed by atoms with Crippen molar-refractivity contribution in [2.75, 3.05) is 19.6 Å². The van der Waals surface area contributed by atoms with Crippen LogP contribution in [0.15, 0.2) is 36.7 Å². The van der Waals surface area contributed by atoms with Crippen molar-refractivity contribution in [1.29, 1.82) is 0 Å². The lowest BCUT2D eigenvalue weighted by Gasteiger charge is -2.51. The summed E-state index contributed by atoms with van der Waals surface area (Å²) in [5, 5.41) is 0. The van der Waals surface area contributed by atoms with E-state index >= 15 is 0 Å². The summed E-state index contributed by atoms with van der Waals surface area (Å²) >= 11 is 0. The van der Waals surface area contributed by atoms with Crippen LogP contribution in [-0.4, -0.2) is 57.4 Å². The van der Waals surface area contributed by atoms with Gasteiger partial charge in [-0.1, -0.05) is 29.8 Å². The summed E-state index contributed by atoms with van der Waals surface area (Å²) in [6.45, 7) is 7.13. The second-order valence-corrected chi connectivity index (χ2v) is 8.37. The summed E-state index contributed by atoms with van der Waals surface area (Å²) in [6, 6.07) is 9.62. The molecule has 6 rings (SSSR count). The fourth-order valence-corrected chi connectivity index (χ4v) is 5.41. The van der Waals surface area contributed by atoms with Gasteiger partial charge in [0.15, 0.2) is 0 Å². The number of piperidine rings is 3. The summed E-state index contributed by atoms with van der Waals surface area (Å²) in [5.74, 6) is 1.03. The van der Waals surface area contributed by atoms with Crippen molar-refractivity contribution in [3.8, 4) is 0 Å². The molecule has 2 bridgehead atoms. The van der Waals surface area contributed by atoms with E-state index in [1.165, 1.54) is 37.1 Å². The molecule has 1 aromatic heterocycles. The predicted octanol–water partition coefficient (Wildman–Crippen LogP) is 2.80. The molecule has 5 nitrogen and oxygen atoms in total. The normalized spacial score (nSPS) is 31.8. The molecule has 1 aromatic carbocycles. The fourth-order valence-electron chi connectivity index (χ4n) is 5.41. The number of aryl methyl sites for hydroxylation is 2. The van der Waals surface area contributed by atoms with E-state index in [1.807, 2.05) is 6.92 Å². The first-order chi connectivity index (χ1) is 13.1. The molecule has 2 aromatic rings. The van der Waals surface area contributed by atoms with E-state index in [9.17, 15) is 4.79 Å². The predicted molar refractivity (Wildman–Crippen MR) is 104 cm³/mol. The minimum atomic E-state index is 0.0425. The van der Waals surface area contributed by atoms with Gasteiger partial charge in [-0.2, -0.15) is 0 Å². The third kappa shape index (κ3) is 2.76. The average Bonchev–Trinajstić information content (AvgIpc) is 3.12. The SMILES string of the molecule is Cc1ccc([C@@H]2CN(C(=O)c3cnc(C)cn3)[C@H]3C4CCN(CC4)[C@@H]23)cc1. The smallest absolute Gasteiger partial charge is 0.274 e.